The maximum absolute atomic E-state index is 5.58. The summed E-state index contributed by atoms with van der Waals surface area (Å²) in [5.41, 5.74) is 0.133. The van der Waals surface area contributed by atoms with Gasteiger partial charge in [-0.2, -0.15) is 0 Å². The molecular weight excluding hydrogens is 198 g/mol. The molecule has 0 atom stereocenters. The van der Waals surface area contributed by atoms with Gasteiger partial charge in [-0.3, -0.25) is 0 Å². The van der Waals surface area contributed by atoms with Crippen LogP contribution >= 0.6 is 0 Å². The van der Waals surface area contributed by atoms with Crippen molar-refractivity contribution in [2.75, 3.05) is 6.61 Å². The number of ether oxygens (including phenoxy) is 1. The van der Waals surface area contributed by atoms with Gasteiger partial charge in [0.2, 0.25) is 0 Å². The highest BCUT2D eigenvalue weighted by atomic mass is 16.5. The molecule has 0 spiro atoms. The Morgan fingerprint density at radius 1 is 1.06 bits per heavy atom. The summed E-state index contributed by atoms with van der Waals surface area (Å²) in [4.78, 5) is 4.76. The van der Waals surface area contributed by atoms with Crippen molar-refractivity contribution in [1.29, 1.82) is 0 Å². The van der Waals surface area contributed by atoms with Crippen molar-refractivity contribution >= 4 is 5.90 Å². The Labute approximate surface area is 100 Å². The minimum Gasteiger partial charge on any atom is -0.479 e. The molecule has 0 bridgehead atoms. The van der Waals surface area contributed by atoms with Crippen LogP contribution in [0.3, 0.4) is 0 Å². The smallest absolute Gasteiger partial charge is 0.180 e. The molecule has 0 aliphatic carbocycles. The van der Waals surface area contributed by atoms with Crippen LogP contribution in [0.5, 0.6) is 0 Å². The lowest BCUT2D eigenvalue weighted by atomic mass is 9.88. The van der Waals surface area contributed by atoms with Gasteiger partial charge in [0.25, 0.3) is 0 Å². The van der Waals surface area contributed by atoms with E-state index in [0.29, 0.717) is 0 Å². The van der Waals surface area contributed by atoms with E-state index in [1.807, 2.05) is 6.92 Å². The number of hydrogen-bond acceptors (Lipinski definition) is 2. The SMILES string of the molecule is CCCCCC1(CCCCC)COC(C)=N1. The van der Waals surface area contributed by atoms with E-state index in [1.54, 1.807) is 0 Å². The molecule has 16 heavy (non-hydrogen) atoms. The second-order valence-electron chi connectivity index (χ2n) is 5.06. The maximum atomic E-state index is 5.58. The molecule has 1 heterocycles. The fourth-order valence-electron chi connectivity index (χ4n) is 2.43. The van der Waals surface area contributed by atoms with Crippen LogP contribution in [-0.4, -0.2) is 18.0 Å². The number of nitrogens with zero attached hydrogens (tertiary/aromatic N) is 1. The maximum Gasteiger partial charge on any atom is 0.180 e. The molecule has 0 saturated heterocycles. The highest BCUT2D eigenvalue weighted by molar-refractivity contribution is 5.75. The lowest BCUT2D eigenvalue weighted by molar-refractivity contribution is 0.224. The number of aliphatic imine (C=N–C) groups is 1. The molecule has 0 radical (unpaired) electrons. The lowest BCUT2D eigenvalue weighted by Gasteiger charge is -2.24. The van der Waals surface area contributed by atoms with Gasteiger partial charge in [-0.05, 0) is 12.8 Å². The molecule has 1 rings (SSSR count). The van der Waals surface area contributed by atoms with E-state index in [2.05, 4.69) is 13.8 Å². The third-order valence-corrected chi connectivity index (χ3v) is 3.44. The van der Waals surface area contributed by atoms with Gasteiger partial charge in [0.05, 0.1) is 5.54 Å². The third kappa shape index (κ3) is 4.15. The Hall–Kier alpha value is -0.530. The second kappa shape index (κ2) is 6.93. The molecule has 0 amide bonds. The van der Waals surface area contributed by atoms with E-state index in [0.717, 1.165) is 12.5 Å². The van der Waals surface area contributed by atoms with Gasteiger partial charge >= 0.3 is 0 Å². The fourth-order valence-corrected chi connectivity index (χ4v) is 2.43. The first kappa shape index (κ1) is 13.5. The van der Waals surface area contributed by atoms with Crippen molar-refractivity contribution in [3.8, 4) is 0 Å². The molecule has 2 nitrogen and oxygen atoms in total. The van der Waals surface area contributed by atoms with Crippen LogP contribution in [0, 0.1) is 0 Å². The molecule has 0 N–H and O–H groups in total. The topological polar surface area (TPSA) is 21.6 Å². The summed E-state index contributed by atoms with van der Waals surface area (Å²) in [7, 11) is 0. The van der Waals surface area contributed by atoms with Gasteiger partial charge in [-0.25, -0.2) is 4.99 Å². The monoisotopic (exact) mass is 225 g/mol. The minimum absolute atomic E-state index is 0.133. The normalized spacial score (nSPS) is 18.3. The van der Waals surface area contributed by atoms with E-state index in [4.69, 9.17) is 9.73 Å². The van der Waals surface area contributed by atoms with Gasteiger partial charge in [-0.15, -0.1) is 0 Å². The van der Waals surface area contributed by atoms with E-state index in [-0.39, 0.29) is 5.54 Å². The first-order chi connectivity index (χ1) is 7.72. The highest BCUT2D eigenvalue weighted by Crippen LogP contribution is 2.31. The van der Waals surface area contributed by atoms with Crippen LogP contribution in [0.25, 0.3) is 0 Å². The largest absolute Gasteiger partial charge is 0.479 e. The lowest BCUT2D eigenvalue weighted by Crippen LogP contribution is -2.28. The van der Waals surface area contributed by atoms with Crippen LogP contribution in [0.1, 0.15) is 72.1 Å². The predicted octanol–water partition coefficient (Wildman–Crippen LogP) is 4.33. The second-order valence-corrected chi connectivity index (χ2v) is 5.06. The summed E-state index contributed by atoms with van der Waals surface area (Å²) in [5.74, 6) is 0.896. The van der Waals surface area contributed by atoms with Crippen molar-refractivity contribution in [3.05, 3.63) is 0 Å². The van der Waals surface area contributed by atoms with Gasteiger partial charge in [0, 0.05) is 6.92 Å². The molecule has 0 fully saturated rings. The quantitative estimate of drug-likeness (QED) is 0.563. The van der Waals surface area contributed by atoms with Crippen molar-refractivity contribution in [1.82, 2.24) is 0 Å². The van der Waals surface area contributed by atoms with Gasteiger partial charge in [0.15, 0.2) is 5.90 Å². The molecule has 0 aromatic carbocycles. The first-order valence-corrected chi connectivity index (χ1v) is 6.91. The van der Waals surface area contributed by atoms with Crippen LogP contribution in [0.4, 0.5) is 0 Å². The number of unbranched alkanes of at least 4 members (excludes halogenated alkanes) is 4. The zero-order valence-electron chi connectivity index (χ0n) is 11.2. The van der Waals surface area contributed by atoms with Gasteiger partial charge < -0.3 is 4.74 Å². The summed E-state index contributed by atoms with van der Waals surface area (Å²) >= 11 is 0. The van der Waals surface area contributed by atoms with E-state index in [1.165, 1.54) is 51.4 Å². The molecule has 0 unspecified atom stereocenters. The van der Waals surface area contributed by atoms with Crippen molar-refractivity contribution in [2.45, 2.75) is 77.7 Å². The van der Waals surface area contributed by atoms with Crippen molar-refractivity contribution < 1.29 is 4.74 Å². The Morgan fingerprint density at radius 3 is 2.00 bits per heavy atom. The summed E-state index contributed by atoms with van der Waals surface area (Å²) in [5, 5.41) is 0. The van der Waals surface area contributed by atoms with Crippen LogP contribution in [0.2, 0.25) is 0 Å². The van der Waals surface area contributed by atoms with Gasteiger partial charge in [0.1, 0.15) is 6.61 Å². The summed E-state index contributed by atoms with van der Waals surface area (Å²) < 4.78 is 5.58. The highest BCUT2D eigenvalue weighted by Gasteiger charge is 2.34. The number of hydrogen-bond donors (Lipinski definition) is 0. The summed E-state index contributed by atoms with van der Waals surface area (Å²) in [6, 6.07) is 0. The fraction of sp³-hybridized carbons (Fsp3) is 0.929. The molecule has 1 aliphatic rings. The molecule has 0 saturated carbocycles. The van der Waals surface area contributed by atoms with Crippen LogP contribution in [0.15, 0.2) is 4.99 Å². The van der Waals surface area contributed by atoms with Gasteiger partial charge in [-0.1, -0.05) is 52.4 Å². The molecule has 94 valence electrons. The van der Waals surface area contributed by atoms with Crippen LogP contribution < -0.4 is 0 Å². The zero-order chi connectivity index (χ0) is 11.9. The third-order valence-electron chi connectivity index (χ3n) is 3.44. The van der Waals surface area contributed by atoms with E-state index < -0.39 is 0 Å². The van der Waals surface area contributed by atoms with Crippen molar-refractivity contribution in [2.24, 2.45) is 4.99 Å². The zero-order valence-corrected chi connectivity index (χ0v) is 11.2. The Balaban J connectivity index is 2.42. The molecule has 0 aromatic heterocycles. The molecule has 1 aliphatic heterocycles. The minimum atomic E-state index is 0.133. The van der Waals surface area contributed by atoms with E-state index >= 15 is 0 Å². The average molecular weight is 225 g/mol. The summed E-state index contributed by atoms with van der Waals surface area (Å²) in [6.07, 6.45) is 10.2. The van der Waals surface area contributed by atoms with E-state index in [9.17, 15) is 0 Å². The molecule has 0 aromatic rings. The van der Waals surface area contributed by atoms with Crippen molar-refractivity contribution in [3.63, 3.8) is 0 Å². The Morgan fingerprint density at radius 2 is 1.62 bits per heavy atom. The first-order valence-electron chi connectivity index (χ1n) is 6.91. The standard InChI is InChI=1S/C14H27NO/c1-4-6-8-10-14(11-9-7-5-2)12-16-13(3)15-14/h4-12H2,1-3H3. The average Bonchev–Trinajstić information content (AvgIpc) is 2.62. The predicted molar refractivity (Wildman–Crippen MR) is 70.1 cm³/mol. The Bertz CT molecular complexity index is 213. The summed E-state index contributed by atoms with van der Waals surface area (Å²) in [6.45, 7) is 7.32. The molecular formula is C14H27NO. The number of rotatable bonds is 8. The Kier molecular flexibility index (Phi) is 5.86. The molecule has 2 heteroatoms. The van der Waals surface area contributed by atoms with Crippen LogP contribution in [-0.2, 0) is 4.74 Å².